The van der Waals surface area contributed by atoms with Gasteiger partial charge in [-0.2, -0.15) is 0 Å². The number of hydrogen-bond donors (Lipinski definition) is 2. The highest BCUT2D eigenvalue weighted by atomic mass is 16.1. The second-order valence-corrected chi connectivity index (χ2v) is 6.40. The van der Waals surface area contributed by atoms with Gasteiger partial charge < -0.3 is 11.1 Å². The van der Waals surface area contributed by atoms with Crippen molar-refractivity contribution in [3.05, 3.63) is 36.5 Å². The fourth-order valence-electron chi connectivity index (χ4n) is 3.45. The van der Waals surface area contributed by atoms with E-state index in [1.165, 1.54) is 19.3 Å². The number of nitrogens with zero attached hydrogens (tertiary/aromatic N) is 1. The van der Waals surface area contributed by atoms with E-state index in [9.17, 15) is 4.79 Å². The molecule has 22 heavy (non-hydrogen) atoms. The van der Waals surface area contributed by atoms with Crippen LogP contribution in [-0.2, 0) is 4.79 Å². The first-order chi connectivity index (χ1) is 10.7. The van der Waals surface area contributed by atoms with Crippen molar-refractivity contribution in [1.82, 2.24) is 4.98 Å². The Morgan fingerprint density at radius 3 is 2.82 bits per heavy atom. The summed E-state index contributed by atoms with van der Waals surface area (Å²) in [6.07, 6.45) is 8.07. The Morgan fingerprint density at radius 1 is 1.23 bits per heavy atom. The van der Waals surface area contributed by atoms with E-state index in [1.54, 1.807) is 6.20 Å². The van der Waals surface area contributed by atoms with E-state index in [2.05, 4.69) is 10.3 Å². The maximum absolute atomic E-state index is 12.4. The normalized spacial score (nSPS) is 17.3. The molecule has 0 aliphatic heterocycles. The smallest absolute Gasteiger partial charge is 0.224 e. The van der Waals surface area contributed by atoms with Crippen LogP contribution in [0.1, 0.15) is 38.5 Å². The maximum Gasteiger partial charge on any atom is 0.224 e. The standard InChI is InChI=1S/C18H23N3O/c19-13-18(8-2-1-3-9-18)12-17(22)21-15-6-7-16-14(11-15)5-4-10-20-16/h4-7,10-11H,1-3,8-9,12-13,19H2,(H,21,22). The molecule has 0 atom stereocenters. The molecule has 116 valence electrons. The van der Waals surface area contributed by atoms with Gasteiger partial charge >= 0.3 is 0 Å². The zero-order valence-electron chi connectivity index (χ0n) is 12.8. The topological polar surface area (TPSA) is 68.0 Å². The minimum atomic E-state index is 0.000731. The van der Waals surface area contributed by atoms with E-state index in [-0.39, 0.29) is 11.3 Å². The zero-order chi connectivity index (χ0) is 15.4. The molecule has 2 aromatic rings. The van der Waals surface area contributed by atoms with Gasteiger partial charge in [0.15, 0.2) is 0 Å². The van der Waals surface area contributed by atoms with Crippen LogP contribution in [0.25, 0.3) is 10.9 Å². The summed E-state index contributed by atoms with van der Waals surface area (Å²) < 4.78 is 0. The molecule has 1 aliphatic rings. The Bertz CT molecular complexity index is 662. The minimum absolute atomic E-state index is 0.000731. The van der Waals surface area contributed by atoms with E-state index >= 15 is 0 Å². The number of hydrogen-bond acceptors (Lipinski definition) is 3. The third-order valence-corrected chi connectivity index (χ3v) is 4.77. The molecule has 1 aromatic heterocycles. The van der Waals surface area contributed by atoms with Gasteiger partial charge in [0.2, 0.25) is 5.91 Å². The van der Waals surface area contributed by atoms with Gasteiger partial charge in [0.25, 0.3) is 0 Å². The summed E-state index contributed by atoms with van der Waals surface area (Å²) in [5.74, 6) is 0.0654. The molecule has 4 heteroatoms. The highest BCUT2D eigenvalue weighted by Gasteiger charge is 2.32. The van der Waals surface area contributed by atoms with E-state index in [1.807, 2.05) is 30.3 Å². The lowest BCUT2D eigenvalue weighted by atomic mass is 9.71. The molecule has 1 aromatic carbocycles. The number of aromatic nitrogens is 1. The molecule has 1 saturated carbocycles. The summed E-state index contributed by atoms with van der Waals surface area (Å²) in [6.45, 7) is 0.599. The average molecular weight is 297 g/mol. The summed E-state index contributed by atoms with van der Waals surface area (Å²) in [4.78, 5) is 16.7. The van der Waals surface area contributed by atoms with E-state index in [0.717, 1.165) is 29.4 Å². The first-order valence-electron chi connectivity index (χ1n) is 8.06. The molecule has 0 radical (unpaired) electrons. The lowest BCUT2D eigenvalue weighted by molar-refractivity contribution is -0.118. The fourth-order valence-corrected chi connectivity index (χ4v) is 3.45. The molecule has 0 unspecified atom stereocenters. The average Bonchev–Trinajstić information content (AvgIpc) is 2.55. The lowest BCUT2D eigenvalue weighted by Gasteiger charge is -2.35. The number of anilines is 1. The molecule has 1 heterocycles. The number of fused-ring (bicyclic) bond motifs is 1. The summed E-state index contributed by atoms with van der Waals surface area (Å²) in [5, 5.41) is 4.05. The predicted molar refractivity (Wildman–Crippen MR) is 89.6 cm³/mol. The molecule has 1 fully saturated rings. The first-order valence-corrected chi connectivity index (χ1v) is 8.06. The Kier molecular flexibility index (Phi) is 4.39. The Labute approximate surface area is 131 Å². The number of carbonyl (C=O) groups is 1. The lowest BCUT2D eigenvalue weighted by Crippen LogP contribution is -2.36. The number of rotatable bonds is 4. The second kappa shape index (κ2) is 6.44. The molecule has 3 N–H and O–H groups in total. The van der Waals surface area contributed by atoms with Crippen molar-refractivity contribution >= 4 is 22.5 Å². The summed E-state index contributed by atoms with van der Waals surface area (Å²) in [5.41, 5.74) is 7.73. The quantitative estimate of drug-likeness (QED) is 0.908. The van der Waals surface area contributed by atoms with Crippen LogP contribution in [-0.4, -0.2) is 17.4 Å². The largest absolute Gasteiger partial charge is 0.330 e. The van der Waals surface area contributed by atoms with Crippen LogP contribution in [0.3, 0.4) is 0 Å². The number of carbonyl (C=O) groups excluding carboxylic acids is 1. The number of amides is 1. The van der Waals surface area contributed by atoms with E-state index in [0.29, 0.717) is 13.0 Å². The summed E-state index contributed by atoms with van der Waals surface area (Å²) in [7, 11) is 0. The third-order valence-electron chi connectivity index (χ3n) is 4.77. The first kappa shape index (κ1) is 15.0. The highest BCUT2D eigenvalue weighted by Crippen LogP contribution is 2.38. The molecule has 0 spiro atoms. The third kappa shape index (κ3) is 3.28. The van der Waals surface area contributed by atoms with Gasteiger partial charge in [0.05, 0.1) is 5.52 Å². The van der Waals surface area contributed by atoms with Crippen molar-refractivity contribution < 1.29 is 4.79 Å². The Morgan fingerprint density at radius 2 is 2.05 bits per heavy atom. The van der Waals surface area contributed by atoms with Crippen molar-refractivity contribution in [2.45, 2.75) is 38.5 Å². The van der Waals surface area contributed by atoms with Gasteiger partial charge in [-0.1, -0.05) is 25.3 Å². The van der Waals surface area contributed by atoms with Gasteiger partial charge in [-0.05, 0) is 49.1 Å². The van der Waals surface area contributed by atoms with Gasteiger partial charge in [-0.15, -0.1) is 0 Å². The van der Waals surface area contributed by atoms with Gasteiger partial charge in [0, 0.05) is 23.7 Å². The highest BCUT2D eigenvalue weighted by molar-refractivity contribution is 5.93. The van der Waals surface area contributed by atoms with Crippen molar-refractivity contribution in [2.75, 3.05) is 11.9 Å². The number of nitrogens with two attached hydrogens (primary N) is 1. The van der Waals surface area contributed by atoms with Crippen molar-refractivity contribution in [3.63, 3.8) is 0 Å². The van der Waals surface area contributed by atoms with E-state index < -0.39 is 0 Å². The molecule has 1 amide bonds. The van der Waals surface area contributed by atoms with Crippen LogP contribution >= 0.6 is 0 Å². The van der Waals surface area contributed by atoms with Crippen LogP contribution in [0.15, 0.2) is 36.5 Å². The SMILES string of the molecule is NCC1(CC(=O)Nc2ccc3ncccc3c2)CCCCC1. The van der Waals surface area contributed by atoms with Gasteiger partial charge in [-0.25, -0.2) is 0 Å². The predicted octanol–water partition coefficient (Wildman–Crippen LogP) is 3.47. The van der Waals surface area contributed by atoms with Crippen molar-refractivity contribution in [1.29, 1.82) is 0 Å². The molecule has 1 aliphatic carbocycles. The van der Waals surface area contributed by atoms with Crippen molar-refractivity contribution in [2.24, 2.45) is 11.1 Å². The van der Waals surface area contributed by atoms with Crippen LogP contribution in [0, 0.1) is 5.41 Å². The number of benzene rings is 1. The van der Waals surface area contributed by atoms with Crippen LogP contribution in [0.4, 0.5) is 5.69 Å². The Hall–Kier alpha value is -1.94. The molecule has 0 saturated heterocycles. The minimum Gasteiger partial charge on any atom is -0.330 e. The molecule has 3 rings (SSSR count). The molecule has 0 bridgehead atoms. The molecular weight excluding hydrogens is 274 g/mol. The van der Waals surface area contributed by atoms with Gasteiger partial charge in [0.1, 0.15) is 0 Å². The van der Waals surface area contributed by atoms with Crippen LogP contribution < -0.4 is 11.1 Å². The van der Waals surface area contributed by atoms with Crippen LogP contribution in [0.5, 0.6) is 0 Å². The summed E-state index contributed by atoms with van der Waals surface area (Å²) in [6, 6.07) is 9.71. The monoisotopic (exact) mass is 297 g/mol. The molecule has 4 nitrogen and oxygen atoms in total. The molecular formula is C18H23N3O. The fraction of sp³-hybridized carbons (Fsp3) is 0.444. The summed E-state index contributed by atoms with van der Waals surface area (Å²) >= 11 is 0. The van der Waals surface area contributed by atoms with Gasteiger partial charge in [-0.3, -0.25) is 9.78 Å². The maximum atomic E-state index is 12.4. The number of pyridine rings is 1. The second-order valence-electron chi connectivity index (χ2n) is 6.40. The Balaban J connectivity index is 1.69. The van der Waals surface area contributed by atoms with E-state index in [4.69, 9.17) is 5.73 Å². The van der Waals surface area contributed by atoms with Crippen molar-refractivity contribution in [3.8, 4) is 0 Å². The van der Waals surface area contributed by atoms with Crippen LogP contribution in [0.2, 0.25) is 0 Å². The zero-order valence-corrected chi connectivity index (χ0v) is 12.8. The number of nitrogens with one attached hydrogen (secondary N) is 1.